The third kappa shape index (κ3) is 6.84. The van der Waals surface area contributed by atoms with Gasteiger partial charge in [-0.1, -0.05) is 35.3 Å². The second-order valence-electron chi connectivity index (χ2n) is 10.8. The number of fused-ring (bicyclic) bond motifs is 1. The van der Waals surface area contributed by atoms with Gasteiger partial charge < -0.3 is 20.1 Å². The van der Waals surface area contributed by atoms with Crippen molar-refractivity contribution in [3.63, 3.8) is 0 Å². The van der Waals surface area contributed by atoms with Gasteiger partial charge in [-0.3, -0.25) is 19.4 Å². The van der Waals surface area contributed by atoms with Crippen LogP contribution in [-0.2, 0) is 4.79 Å². The summed E-state index contributed by atoms with van der Waals surface area (Å²) in [5.41, 5.74) is 2.58. The van der Waals surface area contributed by atoms with Crippen LogP contribution in [0.25, 0.3) is 0 Å². The molecule has 0 spiro atoms. The van der Waals surface area contributed by atoms with Gasteiger partial charge in [0.25, 0.3) is 11.8 Å². The highest BCUT2D eigenvalue weighted by Crippen LogP contribution is 2.42. The van der Waals surface area contributed by atoms with E-state index in [4.69, 9.17) is 27.9 Å². The number of piperazine rings is 1. The van der Waals surface area contributed by atoms with E-state index in [9.17, 15) is 19.5 Å². The molecule has 3 aromatic rings. The maximum atomic E-state index is 14.4. The highest BCUT2D eigenvalue weighted by molar-refractivity contribution is 6.34. The standard InChI is InChI=1S/C33H34Cl2N4O5/c1-44-31-21-23(36-32(42)25-4-2-3-5-28(25)35)7-9-26(31)33(43)39-24(12-18-40)8-11-29(27-20-22(34)6-10-30(27)39)38-15-13-37(14-16-38)17-19-41/h2-7,9-10,12,20-21,24,29,41H,8,11,13-17,19H2,1H3,(H,36,42). The summed E-state index contributed by atoms with van der Waals surface area (Å²) in [5, 5.41) is 13.0. The maximum Gasteiger partial charge on any atom is 0.262 e. The Balaban J connectivity index is 1.48. The molecule has 230 valence electrons. The number of rotatable bonds is 8. The molecule has 1 fully saturated rings. The molecular formula is C33H34Cl2N4O5. The normalized spacial score (nSPS) is 19.0. The molecule has 2 aliphatic rings. The maximum absolute atomic E-state index is 14.4. The van der Waals surface area contributed by atoms with E-state index in [2.05, 4.69) is 15.1 Å². The highest BCUT2D eigenvalue weighted by atomic mass is 35.5. The Labute approximate surface area is 266 Å². The van der Waals surface area contributed by atoms with Gasteiger partial charge in [-0.25, -0.2) is 4.79 Å². The molecule has 2 atom stereocenters. The summed E-state index contributed by atoms with van der Waals surface area (Å²) in [6.07, 6.45) is 2.62. The number of halogens is 2. The van der Waals surface area contributed by atoms with Crippen molar-refractivity contribution in [3.05, 3.63) is 93.5 Å². The SMILES string of the molecule is COc1cc(NC(=O)c2ccccc2Cl)ccc1C(=O)N1c2ccc(Cl)cc2C(N2CCN(CCO)CC2)CCC1C=C=O. The molecular weight excluding hydrogens is 603 g/mol. The van der Waals surface area contributed by atoms with Gasteiger partial charge in [0, 0.05) is 67.3 Å². The topological polar surface area (TPSA) is 102 Å². The first kappa shape index (κ1) is 31.7. The van der Waals surface area contributed by atoms with Crippen LogP contribution in [0.4, 0.5) is 11.4 Å². The summed E-state index contributed by atoms with van der Waals surface area (Å²) >= 11 is 12.7. The largest absolute Gasteiger partial charge is 0.496 e. The lowest BCUT2D eigenvalue weighted by Crippen LogP contribution is -2.48. The van der Waals surface area contributed by atoms with Crippen molar-refractivity contribution in [2.45, 2.75) is 24.9 Å². The number of nitrogens with zero attached hydrogens (tertiary/aromatic N) is 3. The minimum Gasteiger partial charge on any atom is -0.496 e. The Hall–Kier alpha value is -3.69. The van der Waals surface area contributed by atoms with Gasteiger partial charge in [0.15, 0.2) is 0 Å². The Morgan fingerprint density at radius 3 is 2.50 bits per heavy atom. The van der Waals surface area contributed by atoms with E-state index in [-0.39, 0.29) is 29.9 Å². The van der Waals surface area contributed by atoms with E-state index in [1.165, 1.54) is 13.2 Å². The number of aliphatic hydroxyl groups is 1. The smallest absolute Gasteiger partial charge is 0.262 e. The molecule has 0 aliphatic carbocycles. The van der Waals surface area contributed by atoms with Crippen molar-refractivity contribution < 1.29 is 24.2 Å². The van der Waals surface area contributed by atoms with Crippen LogP contribution in [0.2, 0.25) is 10.0 Å². The fourth-order valence-corrected chi connectivity index (χ4v) is 6.44. The third-order valence-electron chi connectivity index (χ3n) is 8.23. The molecule has 2 N–H and O–H groups in total. The monoisotopic (exact) mass is 636 g/mol. The molecule has 2 aliphatic heterocycles. The van der Waals surface area contributed by atoms with Crippen LogP contribution in [0.3, 0.4) is 0 Å². The minimum atomic E-state index is -0.551. The number of aliphatic hydroxyl groups excluding tert-OH is 1. The molecule has 5 rings (SSSR count). The van der Waals surface area contributed by atoms with Crippen molar-refractivity contribution in [1.29, 1.82) is 0 Å². The number of hydrogen-bond acceptors (Lipinski definition) is 7. The number of nitrogens with one attached hydrogen (secondary N) is 1. The van der Waals surface area contributed by atoms with E-state index in [0.717, 1.165) is 31.7 Å². The van der Waals surface area contributed by atoms with Gasteiger partial charge in [0.2, 0.25) is 0 Å². The number of β-amino-alcohol motifs (C(OH)–C–C–N with tert-alkyl or cyclic N) is 1. The van der Waals surface area contributed by atoms with Crippen LogP contribution in [0.5, 0.6) is 5.75 Å². The molecule has 1 saturated heterocycles. The van der Waals surface area contributed by atoms with E-state index in [1.54, 1.807) is 53.4 Å². The van der Waals surface area contributed by atoms with Gasteiger partial charge in [0.05, 0.1) is 35.9 Å². The van der Waals surface area contributed by atoms with Crippen molar-refractivity contribution in [1.82, 2.24) is 9.80 Å². The number of benzene rings is 3. The summed E-state index contributed by atoms with van der Waals surface area (Å²) in [6, 6.07) is 16.4. The number of hydrogen-bond donors (Lipinski definition) is 2. The zero-order valence-corrected chi connectivity index (χ0v) is 25.9. The summed E-state index contributed by atoms with van der Waals surface area (Å²) < 4.78 is 5.62. The molecule has 9 nitrogen and oxygen atoms in total. The molecule has 0 radical (unpaired) electrons. The van der Waals surface area contributed by atoms with Gasteiger partial charge >= 0.3 is 0 Å². The van der Waals surface area contributed by atoms with Crippen molar-refractivity contribution in [2.75, 3.05) is 56.7 Å². The number of methoxy groups -OCH3 is 1. The fourth-order valence-electron chi connectivity index (χ4n) is 6.04. The van der Waals surface area contributed by atoms with Crippen molar-refractivity contribution in [2.24, 2.45) is 0 Å². The zero-order chi connectivity index (χ0) is 31.2. The van der Waals surface area contributed by atoms with Crippen molar-refractivity contribution >= 4 is 52.3 Å². The van der Waals surface area contributed by atoms with Crippen molar-refractivity contribution in [3.8, 4) is 5.75 Å². The average molecular weight is 638 g/mol. The molecule has 2 unspecified atom stereocenters. The molecule has 11 heteroatoms. The average Bonchev–Trinajstić information content (AvgIpc) is 3.18. The predicted octanol–water partition coefficient (Wildman–Crippen LogP) is 5.10. The quantitative estimate of drug-likeness (QED) is 0.332. The summed E-state index contributed by atoms with van der Waals surface area (Å²) in [5.74, 6) is 1.41. The number of anilines is 2. The van der Waals surface area contributed by atoms with Crippen LogP contribution in [0, 0.1) is 0 Å². The van der Waals surface area contributed by atoms with E-state index < -0.39 is 11.9 Å². The Morgan fingerprint density at radius 1 is 1.02 bits per heavy atom. The molecule has 3 aromatic carbocycles. The van der Waals surface area contributed by atoms with Crippen LogP contribution in [0.15, 0.2) is 66.7 Å². The van der Waals surface area contributed by atoms with Crippen LogP contribution < -0.4 is 15.0 Å². The van der Waals surface area contributed by atoms with Gasteiger partial charge in [-0.2, -0.15) is 0 Å². The second kappa shape index (κ2) is 14.4. The Morgan fingerprint density at radius 2 is 1.80 bits per heavy atom. The van der Waals surface area contributed by atoms with Gasteiger partial charge in [-0.05, 0) is 60.9 Å². The van der Waals surface area contributed by atoms with Gasteiger partial charge in [0.1, 0.15) is 11.7 Å². The summed E-state index contributed by atoms with van der Waals surface area (Å²) in [6.45, 7) is 4.01. The highest BCUT2D eigenvalue weighted by Gasteiger charge is 2.37. The molecule has 2 heterocycles. The Bertz CT molecular complexity index is 1570. The lowest BCUT2D eigenvalue weighted by Gasteiger charge is -2.39. The van der Waals surface area contributed by atoms with Crippen LogP contribution >= 0.6 is 23.2 Å². The molecule has 2 amide bonds. The van der Waals surface area contributed by atoms with Gasteiger partial charge in [-0.15, -0.1) is 0 Å². The molecule has 0 aromatic heterocycles. The number of carbonyl (C=O) groups excluding carboxylic acids is 3. The first-order valence-electron chi connectivity index (χ1n) is 14.5. The van der Waals surface area contributed by atoms with Crippen LogP contribution in [0.1, 0.15) is 45.2 Å². The van der Waals surface area contributed by atoms with E-state index in [0.29, 0.717) is 46.4 Å². The summed E-state index contributed by atoms with van der Waals surface area (Å²) in [4.78, 5) is 45.2. The molecule has 0 saturated carbocycles. The first-order chi connectivity index (χ1) is 21.3. The zero-order valence-electron chi connectivity index (χ0n) is 24.3. The van der Waals surface area contributed by atoms with E-state index in [1.807, 2.05) is 18.1 Å². The first-order valence-corrected chi connectivity index (χ1v) is 15.3. The molecule has 0 bridgehead atoms. The fraction of sp³-hybridized carbons (Fsp3) is 0.333. The minimum absolute atomic E-state index is 0.0235. The second-order valence-corrected chi connectivity index (χ2v) is 11.6. The lowest BCUT2D eigenvalue weighted by atomic mass is 9.98. The number of ether oxygens (including phenoxy) is 1. The Kier molecular flexibility index (Phi) is 10.4. The molecule has 44 heavy (non-hydrogen) atoms. The predicted molar refractivity (Wildman–Crippen MR) is 172 cm³/mol. The van der Waals surface area contributed by atoms with E-state index >= 15 is 0 Å². The number of carbonyl (C=O) groups is 2. The summed E-state index contributed by atoms with van der Waals surface area (Å²) in [7, 11) is 1.46. The third-order valence-corrected chi connectivity index (χ3v) is 8.79. The lowest BCUT2D eigenvalue weighted by molar-refractivity contribution is 0.0801. The number of amides is 2. The van der Waals surface area contributed by atoms with Crippen LogP contribution in [-0.4, -0.2) is 85.1 Å².